The van der Waals surface area contributed by atoms with E-state index < -0.39 is 0 Å². The fourth-order valence-corrected chi connectivity index (χ4v) is 5.47. The summed E-state index contributed by atoms with van der Waals surface area (Å²) >= 11 is 6.27. The van der Waals surface area contributed by atoms with Crippen LogP contribution in [0.25, 0.3) is 16.6 Å². The molecule has 0 spiro atoms. The number of carbonyl (C=O) groups is 1. The Balaban J connectivity index is 1.21. The predicted octanol–water partition coefficient (Wildman–Crippen LogP) is 4.93. The molecule has 1 N–H and O–H groups in total. The number of piperidine rings is 1. The molecule has 5 rings (SSSR count). The number of likely N-dealkylation sites (N-methyl/N-ethyl adjacent to an activating group) is 1. The highest BCUT2D eigenvalue weighted by atomic mass is 35.5. The average molecular weight is 485 g/mol. The highest BCUT2D eigenvalue weighted by Gasteiger charge is 2.36. The highest BCUT2D eigenvalue weighted by Crippen LogP contribution is 2.33. The van der Waals surface area contributed by atoms with Crippen molar-refractivity contribution in [3.8, 4) is 11.4 Å². The first kappa shape index (κ1) is 23.0. The standard InChI is InChI=1S/C26H30ClFN4O2/c1-2-31-24(16-29-26(31)33)18-9-11-30(12-10-18)13-14-34-25-17-32(21-6-4-20(28)5-7-21)23-8-3-19(27)15-22(23)25/h3-8,15,17-18,24H,2,9-14,16H2,1H3,(H,29,33). The van der Waals surface area contributed by atoms with E-state index in [4.69, 9.17) is 16.3 Å². The molecule has 8 heteroatoms. The molecule has 2 aliphatic heterocycles. The van der Waals surface area contributed by atoms with Crippen LogP contribution in [0.15, 0.2) is 48.7 Å². The Morgan fingerprint density at radius 2 is 1.91 bits per heavy atom. The van der Waals surface area contributed by atoms with E-state index in [0.717, 1.165) is 67.9 Å². The van der Waals surface area contributed by atoms with Crippen molar-refractivity contribution in [3.05, 3.63) is 59.5 Å². The van der Waals surface area contributed by atoms with E-state index in [1.165, 1.54) is 12.1 Å². The molecule has 1 aromatic heterocycles. The molecule has 0 bridgehead atoms. The SMILES string of the molecule is CCN1C(=O)NCC1C1CCN(CCOc2cn(-c3ccc(F)cc3)c3ccc(Cl)cc23)CC1. The summed E-state index contributed by atoms with van der Waals surface area (Å²) in [5.41, 5.74) is 1.83. The minimum absolute atomic E-state index is 0.0724. The number of rotatable bonds is 7. The van der Waals surface area contributed by atoms with Gasteiger partial charge in [0, 0.05) is 35.7 Å². The number of hydrogen-bond donors (Lipinski definition) is 1. The van der Waals surface area contributed by atoms with E-state index in [2.05, 4.69) is 10.2 Å². The molecule has 3 aromatic rings. The van der Waals surface area contributed by atoms with Gasteiger partial charge in [-0.15, -0.1) is 0 Å². The van der Waals surface area contributed by atoms with Crippen LogP contribution in [0.3, 0.4) is 0 Å². The van der Waals surface area contributed by atoms with Gasteiger partial charge in [0.25, 0.3) is 0 Å². The number of hydrogen-bond acceptors (Lipinski definition) is 3. The molecular weight excluding hydrogens is 455 g/mol. The first-order valence-corrected chi connectivity index (χ1v) is 12.4. The van der Waals surface area contributed by atoms with Crippen molar-refractivity contribution in [2.24, 2.45) is 5.92 Å². The summed E-state index contributed by atoms with van der Waals surface area (Å²) in [6.45, 7) is 7.02. The number of urea groups is 1. The van der Waals surface area contributed by atoms with Gasteiger partial charge in [-0.2, -0.15) is 0 Å². The number of halogens is 2. The minimum atomic E-state index is -0.262. The molecule has 3 heterocycles. The maximum atomic E-state index is 13.4. The zero-order chi connectivity index (χ0) is 23.7. The van der Waals surface area contributed by atoms with Crippen molar-refractivity contribution in [2.45, 2.75) is 25.8 Å². The quantitative estimate of drug-likeness (QED) is 0.517. The van der Waals surface area contributed by atoms with Crippen LogP contribution in [0.1, 0.15) is 19.8 Å². The van der Waals surface area contributed by atoms with Gasteiger partial charge in [-0.05, 0) is 81.2 Å². The third kappa shape index (κ3) is 4.59. The van der Waals surface area contributed by atoms with E-state index in [1.807, 2.05) is 40.8 Å². The number of aromatic nitrogens is 1. The van der Waals surface area contributed by atoms with Crippen LogP contribution in [0.5, 0.6) is 5.75 Å². The largest absolute Gasteiger partial charge is 0.490 e. The molecule has 180 valence electrons. The zero-order valence-corrected chi connectivity index (χ0v) is 20.1. The van der Waals surface area contributed by atoms with Crippen LogP contribution in [0.2, 0.25) is 5.02 Å². The van der Waals surface area contributed by atoms with Gasteiger partial charge in [0.2, 0.25) is 0 Å². The predicted molar refractivity (Wildman–Crippen MR) is 132 cm³/mol. The second-order valence-corrected chi connectivity index (χ2v) is 9.50. The number of ether oxygens (including phenoxy) is 1. The number of nitrogens with zero attached hydrogens (tertiary/aromatic N) is 3. The van der Waals surface area contributed by atoms with E-state index in [1.54, 1.807) is 12.1 Å². The fraction of sp³-hybridized carbons (Fsp3) is 0.423. The normalized spacial score (nSPS) is 19.7. The number of nitrogens with one attached hydrogen (secondary N) is 1. The third-order valence-corrected chi connectivity index (χ3v) is 7.38. The number of likely N-dealkylation sites (tertiary alicyclic amines) is 1. The van der Waals surface area contributed by atoms with Gasteiger partial charge in [-0.3, -0.25) is 4.90 Å². The first-order chi connectivity index (χ1) is 16.5. The fourth-order valence-electron chi connectivity index (χ4n) is 5.30. The number of benzene rings is 2. The summed E-state index contributed by atoms with van der Waals surface area (Å²) in [5, 5.41) is 4.58. The van der Waals surface area contributed by atoms with E-state index in [-0.39, 0.29) is 11.8 Å². The van der Waals surface area contributed by atoms with Gasteiger partial charge in [-0.25, -0.2) is 9.18 Å². The molecule has 0 saturated carbocycles. The Bertz CT molecular complexity index is 1160. The Labute approximate surface area is 204 Å². The van der Waals surface area contributed by atoms with Crippen LogP contribution < -0.4 is 10.1 Å². The molecule has 2 aliphatic rings. The maximum Gasteiger partial charge on any atom is 0.317 e. The summed E-state index contributed by atoms with van der Waals surface area (Å²) in [6.07, 6.45) is 4.13. The third-order valence-electron chi connectivity index (χ3n) is 7.14. The van der Waals surface area contributed by atoms with Crippen molar-refractivity contribution < 1.29 is 13.9 Å². The first-order valence-electron chi connectivity index (χ1n) is 12.0. The lowest BCUT2D eigenvalue weighted by Gasteiger charge is -2.37. The Kier molecular flexibility index (Phi) is 6.66. The minimum Gasteiger partial charge on any atom is -0.490 e. The molecule has 0 radical (unpaired) electrons. The molecular formula is C26H30ClFN4O2. The van der Waals surface area contributed by atoms with Crippen LogP contribution >= 0.6 is 11.6 Å². The molecule has 0 aliphatic carbocycles. The summed E-state index contributed by atoms with van der Waals surface area (Å²) in [5.74, 6) is 1.06. The smallest absolute Gasteiger partial charge is 0.317 e. The molecule has 34 heavy (non-hydrogen) atoms. The monoisotopic (exact) mass is 484 g/mol. The van der Waals surface area contributed by atoms with Gasteiger partial charge in [-0.1, -0.05) is 11.6 Å². The maximum absolute atomic E-state index is 13.4. The number of amides is 2. The van der Waals surface area contributed by atoms with Crippen LogP contribution in [-0.2, 0) is 0 Å². The molecule has 6 nitrogen and oxygen atoms in total. The summed E-state index contributed by atoms with van der Waals surface area (Å²) < 4.78 is 21.6. The number of carbonyl (C=O) groups excluding carboxylic acids is 1. The van der Waals surface area contributed by atoms with E-state index in [0.29, 0.717) is 23.6 Å². The second kappa shape index (κ2) is 9.84. The topological polar surface area (TPSA) is 49.7 Å². The van der Waals surface area contributed by atoms with Crippen LogP contribution in [0, 0.1) is 11.7 Å². The molecule has 1 atom stereocenters. The average Bonchev–Trinajstić information content (AvgIpc) is 3.40. The van der Waals surface area contributed by atoms with Crippen molar-refractivity contribution in [2.75, 3.05) is 39.3 Å². The van der Waals surface area contributed by atoms with Crippen molar-refractivity contribution in [3.63, 3.8) is 0 Å². The Hall–Kier alpha value is -2.77. The number of fused-ring (bicyclic) bond motifs is 1. The van der Waals surface area contributed by atoms with Gasteiger partial charge in [0.15, 0.2) is 0 Å². The van der Waals surface area contributed by atoms with Crippen molar-refractivity contribution in [1.82, 2.24) is 19.7 Å². The lowest BCUT2D eigenvalue weighted by molar-refractivity contribution is 0.115. The second-order valence-electron chi connectivity index (χ2n) is 9.07. The Morgan fingerprint density at radius 3 is 2.65 bits per heavy atom. The lowest BCUT2D eigenvalue weighted by atomic mass is 9.89. The van der Waals surface area contributed by atoms with E-state index in [9.17, 15) is 9.18 Å². The molecule has 2 aromatic carbocycles. The van der Waals surface area contributed by atoms with Crippen LogP contribution in [0.4, 0.5) is 9.18 Å². The van der Waals surface area contributed by atoms with Crippen molar-refractivity contribution in [1.29, 1.82) is 0 Å². The summed E-state index contributed by atoms with van der Waals surface area (Å²) in [6, 6.07) is 12.5. The zero-order valence-electron chi connectivity index (χ0n) is 19.3. The van der Waals surface area contributed by atoms with E-state index >= 15 is 0 Å². The summed E-state index contributed by atoms with van der Waals surface area (Å²) in [4.78, 5) is 16.4. The van der Waals surface area contributed by atoms with Gasteiger partial charge in [0.05, 0.1) is 17.8 Å². The lowest BCUT2D eigenvalue weighted by Crippen LogP contribution is -2.45. The highest BCUT2D eigenvalue weighted by molar-refractivity contribution is 6.31. The summed E-state index contributed by atoms with van der Waals surface area (Å²) in [7, 11) is 0. The molecule has 2 fully saturated rings. The Morgan fingerprint density at radius 1 is 1.15 bits per heavy atom. The molecule has 2 saturated heterocycles. The molecule has 2 amide bonds. The van der Waals surface area contributed by atoms with Crippen LogP contribution in [-0.4, -0.2) is 65.8 Å². The van der Waals surface area contributed by atoms with Gasteiger partial charge >= 0.3 is 6.03 Å². The van der Waals surface area contributed by atoms with Gasteiger partial charge in [0.1, 0.15) is 18.2 Å². The van der Waals surface area contributed by atoms with Crippen molar-refractivity contribution >= 4 is 28.5 Å². The van der Waals surface area contributed by atoms with Gasteiger partial charge < -0.3 is 19.5 Å². The molecule has 1 unspecified atom stereocenters.